The Morgan fingerprint density at radius 1 is 1.22 bits per heavy atom. The smallest absolute Gasteiger partial charge is 0.294 e. The van der Waals surface area contributed by atoms with Crippen molar-refractivity contribution in [2.45, 2.75) is 6.42 Å². The number of anilines is 1. The Kier molecular flexibility index (Phi) is 2.52. The van der Waals surface area contributed by atoms with Crippen molar-refractivity contribution >= 4 is 39.9 Å². The summed E-state index contributed by atoms with van der Waals surface area (Å²) < 4.78 is 0. The number of ketones is 1. The van der Waals surface area contributed by atoms with E-state index in [9.17, 15) is 9.59 Å². The van der Waals surface area contributed by atoms with Gasteiger partial charge in [-0.15, -0.1) is 0 Å². The number of pyridine rings is 1. The molecule has 0 saturated carbocycles. The first kappa shape index (κ1) is 11.2. The Hall–Kier alpha value is -1.94. The Balaban J connectivity index is 2.22. The number of carbonyl (C=O) groups excluding carboxylic acids is 2. The number of benzene rings is 1. The predicted molar refractivity (Wildman–Crippen MR) is 68.7 cm³/mol. The third-order valence-corrected chi connectivity index (χ3v) is 3.36. The molecule has 2 heterocycles. The molecule has 1 aliphatic rings. The van der Waals surface area contributed by atoms with Crippen LogP contribution >= 0.6 is 11.6 Å². The predicted octanol–water partition coefficient (Wildman–Crippen LogP) is 2.19. The molecule has 1 aromatic carbocycles. The monoisotopic (exact) mass is 260 g/mol. The van der Waals surface area contributed by atoms with Gasteiger partial charge >= 0.3 is 0 Å². The summed E-state index contributed by atoms with van der Waals surface area (Å²) in [6.07, 6.45) is 1.90. The first-order valence-electron chi connectivity index (χ1n) is 5.56. The van der Waals surface area contributed by atoms with Crippen LogP contribution in [0.2, 0.25) is 5.02 Å². The first-order valence-corrected chi connectivity index (χ1v) is 5.94. The molecule has 0 aliphatic carbocycles. The molecule has 1 saturated heterocycles. The first-order chi connectivity index (χ1) is 8.68. The molecule has 5 heteroatoms. The lowest BCUT2D eigenvalue weighted by Crippen LogP contribution is -2.27. The van der Waals surface area contributed by atoms with Gasteiger partial charge in [-0.1, -0.05) is 11.6 Å². The van der Waals surface area contributed by atoms with Gasteiger partial charge in [0.1, 0.15) is 0 Å². The highest BCUT2D eigenvalue weighted by Crippen LogP contribution is 2.31. The second-order valence-corrected chi connectivity index (χ2v) is 4.50. The zero-order valence-corrected chi connectivity index (χ0v) is 10.1. The Morgan fingerprint density at radius 3 is 2.78 bits per heavy atom. The molecule has 90 valence electrons. The zero-order chi connectivity index (χ0) is 12.7. The number of rotatable bonds is 1. The maximum atomic E-state index is 11.7. The fourth-order valence-electron chi connectivity index (χ4n) is 2.14. The van der Waals surface area contributed by atoms with E-state index in [0.29, 0.717) is 22.8 Å². The second-order valence-electron chi connectivity index (χ2n) is 4.10. The van der Waals surface area contributed by atoms with Crippen LogP contribution in [0.5, 0.6) is 0 Å². The van der Waals surface area contributed by atoms with Crippen LogP contribution in [0.25, 0.3) is 10.9 Å². The molecule has 1 amide bonds. The molecule has 2 aromatic rings. The minimum atomic E-state index is -0.468. The number of aromatic nitrogens is 1. The lowest BCUT2D eigenvalue weighted by molar-refractivity contribution is -0.133. The number of hydrogen-bond acceptors (Lipinski definition) is 3. The van der Waals surface area contributed by atoms with Crippen LogP contribution in [0, 0.1) is 0 Å². The maximum absolute atomic E-state index is 11.7. The van der Waals surface area contributed by atoms with Crippen LogP contribution in [0.3, 0.4) is 0 Å². The van der Waals surface area contributed by atoms with Crippen LogP contribution in [0.1, 0.15) is 6.42 Å². The van der Waals surface area contributed by atoms with Crippen molar-refractivity contribution < 1.29 is 9.59 Å². The van der Waals surface area contributed by atoms with Crippen molar-refractivity contribution in [3.8, 4) is 0 Å². The van der Waals surface area contributed by atoms with Crippen LogP contribution in [-0.4, -0.2) is 23.2 Å². The fraction of sp³-hybridized carbons (Fsp3) is 0.154. The van der Waals surface area contributed by atoms with Crippen molar-refractivity contribution in [2.24, 2.45) is 0 Å². The molecule has 0 N–H and O–H groups in total. The molecule has 0 spiro atoms. The second kappa shape index (κ2) is 4.07. The van der Waals surface area contributed by atoms with Gasteiger partial charge in [0.15, 0.2) is 0 Å². The number of halogens is 1. The van der Waals surface area contributed by atoms with Gasteiger partial charge < -0.3 is 4.90 Å². The van der Waals surface area contributed by atoms with Gasteiger partial charge in [-0.2, -0.15) is 0 Å². The van der Waals surface area contributed by atoms with Crippen LogP contribution in [0.15, 0.2) is 30.5 Å². The molecule has 0 bridgehead atoms. The van der Waals surface area contributed by atoms with Gasteiger partial charge in [0, 0.05) is 24.5 Å². The fourth-order valence-corrected chi connectivity index (χ4v) is 2.36. The minimum absolute atomic E-state index is 0.260. The number of fused-ring (bicyclic) bond motifs is 1. The average Bonchev–Trinajstić information content (AvgIpc) is 2.71. The van der Waals surface area contributed by atoms with Crippen LogP contribution < -0.4 is 4.90 Å². The van der Waals surface area contributed by atoms with Crippen molar-refractivity contribution in [1.29, 1.82) is 0 Å². The summed E-state index contributed by atoms with van der Waals surface area (Å²) in [6.45, 7) is 0.408. The van der Waals surface area contributed by atoms with Crippen molar-refractivity contribution in [1.82, 2.24) is 4.98 Å². The summed E-state index contributed by atoms with van der Waals surface area (Å²) in [7, 11) is 0. The van der Waals surface area contributed by atoms with E-state index in [1.165, 1.54) is 4.90 Å². The molecular formula is C13H9ClN2O2. The number of amides is 1. The number of nitrogens with zero attached hydrogens (tertiary/aromatic N) is 2. The molecule has 0 radical (unpaired) electrons. The Bertz CT molecular complexity index is 669. The average molecular weight is 261 g/mol. The summed E-state index contributed by atoms with van der Waals surface area (Å²) in [4.78, 5) is 28.8. The van der Waals surface area contributed by atoms with Gasteiger partial charge in [0.2, 0.25) is 5.78 Å². The Morgan fingerprint density at radius 2 is 2.06 bits per heavy atom. The summed E-state index contributed by atoms with van der Waals surface area (Å²) in [6, 6.07) is 7.08. The molecule has 4 nitrogen and oxygen atoms in total. The van der Waals surface area contributed by atoms with E-state index in [1.54, 1.807) is 24.4 Å². The molecule has 1 aliphatic heterocycles. The van der Waals surface area contributed by atoms with Gasteiger partial charge in [-0.3, -0.25) is 14.6 Å². The van der Waals surface area contributed by atoms with E-state index < -0.39 is 5.91 Å². The van der Waals surface area contributed by atoms with E-state index >= 15 is 0 Å². The molecule has 0 atom stereocenters. The topological polar surface area (TPSA) is 50.3 Å². The van der Waals surface area contributed by atoms with E-state index in [-0.39, 0.29) is 12.2 Å². The van der Waals surface area contributed by atoms with Crippen LogP contribution in [-0.2, 0) is 9.59 Å². The molecule has 3 rings (SSSR count). The number of Topliss-reactive ketones (excluding diaryl/α,β-unsaturated/α-hetero) is 1. The van der Waals surface area contributed by atoms with Gasteiger partial charge in [0.25, 0.3) is 5.91 Å². The molecule has 18 heavy (non-hydrogen) atoms. The summed E-state index contributed by atoms with van der Waals surface area (Å²) in [5.41, 5.74) is 1.29. The highest BCUT2D eigenvalue weighted by Gasteiger charge is 2.31. The van der Waals surface area contributed by atoms with Gasteiger partial charge in [-0.05, 0) is 24.3 Å². The van der Waals surface area contributed by atoms with Gasteiger partial charge in [-0.25, -0.2) is 0 Å². The number of hydrogen-bond donors (Lipinski definition) is 0. The summed E-state index contributed by atoms with van der Waals surface area (Å²) >= 11 is 6.09. The van der Waals surface area contributed by atoms with Gasteiger partial charge in [0.05, 0.1) is 16.2 Å². The van der Waals surface area contributed by atoms with Crippen molar-refractivity contribution in [3.63, 3.8) is 0 Å². The highest BCUT2D eigenvalue weighted by atomic mass is 35.5. The summed E-state index contributed by atoms with van der Waals surface area (Å²) in [5, 5.41) is 1.36. The van der Waals surface area contributed by atoms with E-state index in [2.05, 4.69) is 4.98 Å². The number of carbonyl (C=O) groups is 2. The quantitative estimate of drug-likeness (QED) is 0.739. The van der Waals surface area contributed by atoms with E-state index in [1.807, 2.05) is 6.07 Å². The van der Waals surface area contributed by atoms with Crippen LogP contribution in [0.4, 0.5) is 5.69 Å². The molecule has 1 fully saturated rings. The SMILES string of the molecule is O=C1CCN(c2ccc(Cl)c3cccnc23)C1=O. The largest absolute Gasteiger partial charge is 0.303 e. The lowest BCUT2D eigenvalue weighted by Gasteiger charge is -2.16. The maximum Gasteiger partial charge on any atom is 0.294 e. The summed E-state index contributed by atoms with van der Waals surface area (Å²) in [5.74, 6) is -0.821. The Labute approximate surface area is 108 Å². The standard InChI is InChI=1S/C13H9ClN2O2/c14-9-3-4-10(12-8(9)2-1-6-15-12)16-7-5-11(17)13(16)18/h1-4,6H,5,7H2. The normalized spacial score (nSPS) is 15.7. The van der Waals surface area contributed by atoms with E-state index in [4.69, 9.17) is 11.6 Å². The minimum Gasteiger partial charge on any atom is -0.303 e. The zero-order valence-electron chi connectivity index (χ0n) is 9.39. The lowest BCUT2D eigenvalue weighted by atomic mass is 10.2. The molecule has 1 aromatic heterocycles. The third-order valence-electron chi connectivity index (χ3n) is 3.03. The highest BCUT2D eigenvalue weighted by molar-refractivity contribution is 6.44. The molecule has 0 unspecified atom stereocenters. The molecular weight excluding hydrogens is 252 g/mol. The van der Waals surface area contributed by atoms with Crippen molar-refractivity contribution in [3.05, 3.63) is 35.5 Å². The van der Waals surface area contributed by atoms with E-state index in [0.717, 1.165) is 5.39 Å². The van der Waals surface area contributed by atoms with Crippen molar-refractivity contribution in [2.75, 3.05) is 11.4 Å². The third kappa shape index (κ3) is 1.57.